The van der Waals surface area contributed by atoms with E-state index in [1.165, 1.54) is 11.3 Å². The number of aromatic nitrogens is 1. The summed E-state index contributed by atoms with van der Waals surface area (Å²) in [6.07, 6.45) is 3.57. The van der Waals surface area contributed by atoms with Gasteiger partial charge in [0.1, 0.15) is 11.6 Å². The molecule has 2 heterocycles. The van der Waals surface area contributed by atoms with Gasteiger partial charge in [0.15, 0.2) is 5.13 Å². The van der Waals surface area contributed by atoms with Crippen molar-refractivity contribution in [1.29, 1.82) is 0 Å². The molecule has 0 bridgehead atoms. The van der Waals surface area contributed by atoms with Gasteiger partial charge < -0.3 is 4.90 Å². The number of halogens is 2. The van der Waals surface area contributed by atoms with E-state index >= 15 is 0 Å². The lowest BCUT2D eigenvalue weighted by molar-refractivity contribution is 0.564. The van der Waals surface area contributed by atoms with Crippen molar-refractivity contribution in [3.05, 3.63) is 47.0 Å². The zero-order valence-electron chi connectivity index (χ0n) is 12.8. The minimum absolute atomic E-state index is 0.0372. The van der Waals surface area contributed by atoms with E-state index in [0.29, 0.717) is 6.07 Å². The van der Waals surface area contributed by atoms with Gasteiger partial charge in [-0.1, -0.05) is 0 Å². The Morgan fingerprint density at radius 3 is 2.71 bits per heavy atom. The summed E-state index contributed by atoms with van der Waals surface area (Å²) in [6, 6.07) is 2.81. The second kappa shape index (κ2) is 7.12. The highest BCUT2D eigenvalue weighted by Crippen LogP contribution is 2.26. The molecule has 1 aliphatic heterocycles. The molecule has 1 fully saturated rings. The molecule has 5 nitrogen and oxygen atoms in total. The summed E-state index contributed by atoms with van der Waals surface area (Å²) in [5, 5.41) is 2.76. The van der Waals surface area contributed by atoms with Gasteiger partial charge in [-0.2, -0.15) is 0 Å². The summed E-state index contributed by atoms with van der Waals surface area (Å²) in [5.41, 5.74) is 0.0863. The molecule has 9 heteroatoms. The third-order valence-corrected chi connectivity index (χ3v) is 5.99. The Morgan fingerprint density at radius 2 is 2.04 bits per heavy atom. The second-order valence-electron chi connectivity index (χ2n) is 5.69. The van der Waals surface area contributed by atoms with Crippen molar-refractivity contribution in [2.45, 2.75) is 24.6 Å². The van der Waals surface area contributed by atoms with Crippen molar-refractivity contribution < 1.29 is 17.2 Å². The molecule has 1 saturated heterocycles. The molecule has 2 aromatic rings. The van der Waals surface area contributed by atoms with Crippen LogP contribution in [0.4, 0.5) is 13.9 Å². The number of nitrogens with zero attached hydrogens (tertiary/aromatic N) is 2. The van der Waals surface area contributed by atoms with Crippen molar-refractivity contribution in [2.24, 2.45) is 0 Å². The SMILES string of the molecule is O=S(=O)(Cc1cc(F)cc(F)c1)NCC1CCCN1c1nccs1. The van der Waals surface area contributed by atoms with Crippen LogP contribution in [0.2, 0.25) is 0 Å². The minimum atomic E-state index is -3.67. The normalized spacial score (nSPS) is 18.2. The Bertz CT molecular complexity index is 777. The lowest BCUT2D eigenvalue weighted by Gasteiger charge is -2.24. The van der Waals surface area contributed by atoms with Crippen LogP contribution in [-0.2, 0) is 15.8 Å². The number of benzene rings is 1. The fraction of sp³-hybridized carbons (Fsp3) is 0.400. The second-order valence-corrected chi connectivity index (χ2v) is 8.37. The maximum atomic E-state index is 13.2. The predicted octanol–water partition coefficient (Wildman–Crippen LogP) is 2.51. The Hall–Kier alpha value is -1.58. The van der Waals surface area contributed by atoms with Gasteiger partial charge in [0, 0.05) is 36.8 Å². The van der Waals surface area contributed by atoms with Gasteiger partial charge in [-0.25, -0.2) is 26.9 Å². The van der Waals surface area contributed by atoms with Gasteiger partial charge in [0.2, 0.25) is 10.0 Å². The largest absolute Gasteiger partial charge is 0.344 e. The maximum absolute atomic E-state index is 13.2. The van der Waals surface area contributed by atoms with Crippen LogP contribution >= 0.6 is 11.3 Å². The molecule has 3 rings (SSSR count). The Morgan fingerprint density at radius 1 is 1.29 bits per heavy atom. The van der Waals surface area contributed by atoms with Gasteiger partial charge in [0.25, 0.3) is 0 Å². The monoisotopic (exact) mass is 373 g/mol. The topological polar surface area (TPSA) is 62.3 Å². The van der Waals surface area contributed by atoms with E-state index in [0.717, 1.165) is 36.7 Å². The number of hydrogen-bond donors (Lipinski definition) is 1. The highest BCUT2D eigenvalue weighted by Gasteiger charge is 2.27. The molecule has 1 aliphatic rings. The Balaban J connectivity index is 1.62. The van der Waals surface area contributed by atoms with Gasteiger partial charge in [-0.15, -0.1) is 11.3 Å². The lowest BCUT2D eigenvalue weighted by atomic mass is 10.2. The first-order valence-electron chi connectivity index (χ1n) is 7.51. The first kappa shape index (κ1) is 17.2. The lowest BCUT2D eigenvalue weighted by Crippen LogP contribution is -2.40. The van der Waals surface area contributed by atoms with Crippen molar-refractivity contribution in [2.75, 3.05) is 18.0 Å². The Kier molecular flexibility index (Phi) is 5.12. The summed E-state index contributed by atoms with van der Waals surface area (Å²) in [5.74, 6) is -2.03. The molecule has 0 spiro atoms. The average molecular weight is 373 g/mol. The molecule has 0 amide bonds. The van der Waals surface area contributed by atoms with Crippen molar-refractivity contribution in [3.8, 4) is 0 Å². The fourth-order valence-electron chi connectivity index (χ4n) is 2.85. The first-order valence-corrected chi connectivity index (χ1v) is 10.0. The van der Waals surface area contributed by atoms with Crippen LogP contribution in [0, 0.1) is 11.6 Å². The molecule has 1 atom stereocenters. The van der Waals surface area contributed by atoms with Crippen LogP contribution < -0.4 is 9.62 Å². The van der Waals surface area contributed by atoms with Crippen LogP contribution in [0.3, 0.4) is 0 Å². The number of hydrogen-bond acceptors (Lipinski definition) is 5. The first-order chi connectivity index (χ1) is 11.4. The molecule has 1 aromatic carbocycles. The molecule has 130 valence electrons. The van der Waals surface area contributed by atoms with E-state index in [1.54, 1.807) is 6.20 Å². The number of rotatable bonds is 6. The van der Waals surface area contributed by atoms with E-state index in [9.17, 15) is 17.2 Å². The summed E-state index contributed by atoms with van der Waals surface area (Å²) in [7, 11) is -3.67. The van der Waals surface area contributed by atoms with Crippen LogP contribution in [-0.4, -0.2) is 32.5 Å². The van der Waals surface area contributed by atoms with Gasteiger partial charge in [-0.05, 0) is 30.5 Å². The van der Waals surface area contributed by atoms with Crippen LogP contribution in [0.5, 0.6) is 0 Å². The van der Waals surface area contributed by atoms with E-state index in [-0.39, 0.29) is 18.2 Å². The summed E-state index contributed by atoms with van der Waals surface area (Å²) in [6.45, 7) is 1.09. The quantitative estimate of drug-likeness (QED) is 0.845. The van der Waals surface area contributed by atoms with Gasteiger partial charge >= 0.3 is 0 Å². The molecule has 1 unspecified atom stereocenters. The van der Waals surface area contributed by atoms with Gasteiger partial charge in [0.05, 0.1) is 5.75 Å². The molecular weight excluding hydrogens is 356 g/mol. The molecule has 0 aliphatic carbocycles. The van der Waals surface area contributed by atoms with Crippen molar-refractivity contribution in [3.63, 3.8) is 0 Å². The third kappa shape index (κ3) is 4.28. The third-order valence-electron chi connectivity index (χ3n) is 3.86. The van der Waals surface area contributed by atoms with Gasteiger partial charge in [-0.3, -0.25) is 0 Å². The van der Waals surface area contributed by atoms with Crippen LogP contribution in [0.25, 0.3) is 0 Å². The van der Waals surface area contributed by atoms with Crippen LogP contribution in [0.15, 0.2) is 29.8 Å². The highest BCUT2D eigenvalue weighted by atomic mass is 32.2. The molecule has 1 aromatic heterocycles. The van der Waals surface area contributed by atoms with E-state index in [2.05, 4.69) is 14.6 Å². The molecule has 0 saturated carbocycles. The zero-order valence-corrected chi connectivity index (χ0v) is 14.4. The molecular formula is C15H17F2N3O2S2. The van der Waals surface area contributed by atoms with Crippen molar-refractivity contribution >= 4 is 26.5 Å². The molecule has 0 radical (unpaired) electrons. The smallest absolute Gasteiger partial charge is 0.215 e. The van der Waals surface area contributed by atoms with E-state index in [4.69, 9.17) is 0 Å². The van der Waals surface area contributed by atoms with Crippen LogP contribution in [0.1, 0.15) is 18.4 Å². The molecule has 1 N–H and O–H groups in total. The van der Waals surface area contributed by atoms with E-state index in [1.807, 2.05) is 5.38 Å². The summed E-state index contributed by atoms with van der Waals surface area (Å²) < 4.78 is 53.3. The summed E-state index contributed by atoms with van der Waals surface area (Å²) >= 11 is 1.52. The van der Waals surface area contributed by atoms with Crippen molar-refractivity contribution in [1.82, 2.24) is 9.71 Å². The minimum Gasteiger partial charge on any atom is -0.344 e. The average Bonchev–Trinajstić information content (AvgIpc) is 3.14. The fourth-order valence-corrected chi connectivity index (χ4v) is 4.74. The number of sulfonamides is 1. The zero-order chi connectivity index (χ0) is 17.2. The highest BCUT2D eigenvalue weighted by molar-refractivity contribution is 7.88. The standard InChI is InChI=1S/C15H17F2N3O2S2/c16-12-6-11(7-13(17)8-12)10-24(21,22)19-9-14-2-1-4-20(14)15-18-3-5-23-15/h3,5-8,14,19H,1-2,4,9-10H2. The number of nitrogens with one attached hydrogen (secondary N) is 1. The predicted molar refractivity (Wildman–Crippen MR) is 89.5 cm³/mol. The number of anilines is 1. The Labute approximate surface area is 143 Å². The summed E-state index contributed by atoms with van der Waals surface area (Å²) in [4.78, 5) is 6.36. The maximum Gasteiger partial charge on any atom is 0.215 e. The van der Waals surface area contributed by atoms with E-state index < -0.39 is 27.4 Å². The molecule has 24 heavy (non-hydrogen) atoms. The number of thiazole rings is 1.